The molecule has 2 atom stereocenters. The second kappa shape index (κ2) is 6.49. The van der Waals surface area contributed by atoms with Crippen LogP contribution in [0.25, 0.3) is 11.0 Å². The summed E-state index contributed by atoms with van der Waals surface area (Å²) in [5.74, 6) is 0.384. The normalized spacial score (nSPS) is 21.2. The number of nitrogen functional groups attached to an aromatic ring is 1. The van der Waals surface area contributed by atoms with Crippen LogP contribution in [0.2, 0.25) is 0 Å². The van der Waals surface area contributed by atoms with E-state index < -0.39 is 5.60 Å². The number of hydrogen-bond acceptors (Lipinski definition) is 4. The van der Waals surface area contributed by atoms with Crippen LogP contribution in [0.3, 0.4) is 0 Å². The molecule has 26 heavy (non-hydrogen) atoms. The molecule has 6 nitrogen and oxygen atoms in total. The molecule has 2 aromatic heterocycles. The van der Waals surface area contributed by atoms with E-state index in [0.717, 1.165) is 35.1 Å². The zero-order chi connectivity index (χ0) is 19.2. The molecule has 1 saturated heterocycles. The minimum atomic E-state index is -0.469. The Bertz CT molecular complexity index is 834. The lowest BCUT2D eigenvalue weighted by molar-refractivity contribution is 0.0104. The number of piperidine rings is 1. The number of aryl methyl sites for hydroxylation is 2. The average Bonchev–Trinajstić information content (AvgIpc) is 2.86. The third-order valence-corrected chi connectivity index (χ3v) is 5.26. The number of likely N-dealkylation sites (tertiary alicyclic amines) is 1. The number of pyridine rings is 1. The van der Waals surface area contributed by atoms with E-state index in [1.165, 1.54) is 5.56 Å². The molecule has 0 aromatic carbocycles. The minimum Gasteiger partial charge on any atom is -0.444 e. The molecule has 3 heterocycles. The molecular weight excluding hydrogens is 328 g/mol. The van der Waals surface area contributed by atoms with Crippen LogP contribution in [0.4, 0.5) is 10.5 Å². The predicted molar refractivity (Wildman–Crippen MR) is 104 cm³/mol. The van der Waals surface area contributed by atoms with Gasteiger partial charge >= 0.3 is 6.09 Å². The van der Waals surface area contributed by atoms with Crippen molar-refractivity contribution in [2.45, 2.75) is 65.0 Å². The van der Waals surface area contributed by atoms with Crippen molar-refractivity contribution in [3.63, 3.8) is 0 Å². The highest BCUT2D eigenvalue weighted by molar-refractivity contribution is 5.88. The molecule has 1 aliphatic heterocycles. The number of fused-ring (bicyclic) bond motifs is 1. The van der Waals surface area contributed by atoms with Crippen LogP contribution in [0.5, 0.6) is 0 Å². The van der Waals surface area contributed by atoms with Crippen LogP contribution in [0.15, 0.2) is 12.4 Å². The Morgan fingerprint density at radius 1 is 1.38 bits per heavy atom. The van der Waals surface area contributed by atoms with Gasteiger partial charge in [-0.3, -0.25) is 0 Å². The summed E-state index contributed by atoms with van der Waals surface area (Å²) in [7, 11) is 2.02. The Morgan fingerprint density at radius 2 is 2.08 bits per heavy atom. The Morgan fingerprint density at radius 3 is 2.69 bits per heavy atom. The highest BCUT2D eigenvalue weighted by atomic mass is 16.6. The molecule has 1 fully saturated rings. The molecule has 0 spiro atoms. The number of anilines is 1. The quantitative estimate of drug-likeness (QED) is 0.837. The van der Waals surface area contributed by atoms with Crippen molar-refractivity contribution in [3.05, 3.63) is 23.5 Å². The third kappa shape index (κ3) is 3.37. The largest absolute Gasteiger partial charge is 0.444 e. The molecule has 1 amide bonds. The molecular formula is C20H30N4O2. The molecule has 2 N–H and O–H groups in total. The number of amides is 1. The molecule has 0 unspecified atom stereocenters. The fourth-order valence-corrected chi connectivity index (χ4v) is 3.91. The van der Waals surface area contributed by atoms with Crippen LogP contribution in [0.1, 0.15) is 57.6 Å². The first-order valence-corrected chi connectivity index (χ1v) is 9.28. The van der Waals surface area contributed by atoms with Gasteiger partial charge in [0.1, 0.15) is 11.2 Å². The molecule has 142 valence electrons. The highest BCUT2D eigenvalue weighted by Gasteiger charge is 2.33. The topological polar surface area (TPSA) is 73.4 Å². The lowest BCUT2D eigenvalue weighted by Crippen LogP contribution is -2.46. The number of rotatable bonds is 1. The fraction of sp³-hybridized carbons (Fsp3) is 0.600. The molecule has 2 aromatic rings. The number of ether oxygens (including phenoxy) is 1. The van der Waals surface area contributed by atoms with Gasteiger partial charge in [0, 0.05) is 31.2 Å². The van der Waals surface area contributed by atoms with Crippen LogP contribution in [-0.4, -0.2) is 38.7 Å². The highest BCUT2D eigenvalue weighted by Crippen LogP contribution is 2.38. The first kappa shape index (κ1) is 18.5. The monoisotopic (exact) mass is 358 g/mol. The van der Waals surface area contributed by atoms with E-state index in [2.05, 4.69) is 29.6 Å². The zero-order valence-electron chi connectivity index (χ0n) is 16.7. The predicted octanol–water partition coefficient (Wildman–Crippen LogP) is 3.97. The molecule has 0 saturated carbocycles. The van der Waals surface area contributed by atoms with Crippen molar-refractivity contribution in [3.8, 4) is 0 Å². The van der Waals surface area contributed by atoms with E-state index in [1.54, 1.807) is 6.20 Å². The Labute approximate surface area is 155 Å². The Kier molecular flexibility index (Phi) is 4.63. The average molecular weight is 358 g/mol. The Hall–Kier alpha value is -2.24. The number of hydrogen-bond donors (Lipinski definition) is 1. The van der Waals surface area contributed by atoms with Crippen molar-refractivity contribution in [1.82, 2.24) is 14.5 Å². The summed E-state index contributed by atoms with van der Waals surface area (Å²) in [6.07, 6.45) is 5.51. The maximum Gasteiger partial charge on any atom is 0.410 e. The van der Waals surface area contributed by atoms with Crippen LogP contribution >= 0.6 is 0 Å². The number of nitrogens with zero attached hydrogens (tertiary/aromatic N) is 3. The van der Waals surface area contributed by atoms with E-state index in [1.807, 2.05) is 32.7 Å². The lowest BCUT2D eigenvalue weighted by atomic mass is 9.85. The summed E-state index contributed by atoms with van der Waals surface area (Å²) in [6, 6.07) is 0.133. The van der Waals surface area contributed by atoms with Crippen molar-refractivity contribution >= 4 is 22.8 Å². The lowest BCUT2D eigenvalue weighted by Gasteiger charge is -2.38. The molecule has 0 aliphatic carbocycles. The molecule has 6 heteroatoms. The number of aromatic nitrogens is 2. The summed E-state index contributed by atoms with van der Waals surface area (Å²) < 4.78 is 7.63. The summed E-state index contributed by atoms with van der Waals surface area (Å²) in [5.41, 5.74) is 9.70. The third-order valence-electron chi connectivity index (χ3n) is 5.26. The van der Waals surface area contributed by atoms with Gasteiger partial charge in [0.25, 0.3) is 0 Å². The van der Waals surface area contributed by atoms with Gasteiger partial charge in [-0.25, -0.2) is 9.78 Å². The standard InChI is InChI=1S/C20H30N4O2/c1-12-9-14(7-8-24(12)19(25)26-20(3,4)5)15-11-23(6)18-17(15)13(2)16(21)10-22-18/h10-12,14H,7-9,21H2,1-6H3/t12-,14+/m0/s1. The minimum absolute atomic E-state index is 0.133. The summed E-state index contributed by atoms with van der Waals surface area (Å²) >= 11 is 0. The van der Waals surface area contributed by atoms with Gasteiger partial charge in [-0.05, 0) is 64.5 Å². The van der Waals surface area contributed by atoms with E-state index >= 15 is 0 Å². The van der Waals surface area contributed by atoms with Gasteiger partial charge in [0.15, 0.2) is 0 Å². The molecule has 3 rings (SSSR count). The summed E-state index contributed by atoms with van der Waals surface area (Å²) in [4.78, 5) is 18.8. The van der Waals surface area contributed by atoms with Gasteiger partial charge in [-0.1, -0.05) is 0 Å². The Balaban J connectivity index is 1.85. The van der Waals surface area contributed by atoms with Crippen LogP contribution in [0, 0.1) is 6.92 Å². The summed E-state index contributed by atoms with van der Waals surface area (Å²) in [6.45, 7) is 10.6. The fourth-order valence-electron chi connectivity index (χ4n) is 3.91. The maximum atomic E-state index is 12.5. The van der Waals surface area contributed by atoms with Crippen LogP contribution in [-0.2, 0) is 11.8 Å². The molecule has 0 bridgehead atoms. The number of carbonyl (C=O) groups is 1. The van der Waals surface area contributed by atoms with Crippen LogP contribution < -0.4 is 5.73 Å². The van der Waals surface area contributed by atoms with Gasteiger partial charge in [0.2, 0.25) is 0 Å². The van der Waals surface area contributed by atoms with Crippen molar-refractivity contribution < 1.29 is 9.53 Å². The summed E-state index contributed by atoms with van der Waals surface area (Å²) in [5, 5.41) is 1.16. The van der Waals surface area contributed by atoms with Crippen molar-refractivity contribution in [2.75, 3.05) is 12.3 Å². The first-order chi connectivity index (χ1) is 12.1. The SMILES string of the molecule is Cc1c(N)cnc2c1c([C@@H]1CCN(C(=O)OC(C)(C)C)[C@@H](C)C1)cn2C. The number of carbonyl (C=O) groups excluding carboxylic acids is 1. The van der Waals surface area contributed by atoms with E-state index in [9.17, 15) is 4.79 Å². The number of nitrogens with two attached hydrogens (primary N) is 1. The van der Waals surface area contributed by atoms with Gasteiger partial charge < -0.3 is 19.9 Å². The zero-order valence-corrected chi connectivity index (χ0v) is 16.7. The molecule has 0 radical (unpaired) electrons. The maximum absolute atomic E-state index is 12.5. The van der Waals surface area contributed by atoms with Crippen molar-refractivity contribution in [2.24, 2.45) is 7.05 Å². The molecule has 1 aliphatic rings. The van der Waals surface area contributed by atoms with E-state index in [0.29, 0.717) is 12.5 Å². The smallest absolute Gasteiger partial charge is 0.410 e. The second-order valence-electron chi connectivity index (χ2n) is 8.48. The van der Waals surface area contributed by atoms with Crippen molar-refractivity contribution in [1.29, 1.82) is 0 Å². The van der Waals surface area contributed by atoms with Gasteiger partial charge in [-0.15, -0.1) is 0 Å². The van der Waals surface area contributed by atoms with E-state index in [4.69, 9.17) is 10.5 Å². The van der Waals surface area contributed by atoms with Gasteiger partial charge in [-0.2, -0.15) is 0 Å². The first-order valence-electron chi connectivity index (χ1n) is 9.28. The van der Waals surface area contributed by atoms with Gasteiger partial charge in [0.05, 0.1) is 11.9 Å². The second-order valence-corrected chi connectivity index (χ2v) is 8.48. The van der Waals surface area contributed by atoms with E-state index in [-0.39, 0.29) is 12.1 Å².